The van der Waals surface area contributed by atoms with Crippen LogP contribution < -0.4 is 10.6 Å². The number of nitrogens with two attached hydrogens (primary N) is 1. The van der Waals surface area contributed by atoms with Crippen molar-refractivity contribution in [3.8, 4) is 0 Å². The predicted octanol–water partition coefficient (Wildman–Crippen LogP) is 1.23. The van der Waals surface area contributed by atoms with Crippen molar-refractivity contribution in [2.75, 3.05) is 11.4 Å². The Morgan fingerprint density at radius 1 is 1.33 bits per heavy atom. The Hall–Kier alpha value is -1.88. The van der Waals surface area contributed by atoms with Crippen molar-refractivity contribution in [3.05, 3.63) is 30.3 Å². The van der Waals surface area contributed by atoms with E-state index in [1.807, 2.05) is 6.07 Å². The minimum Gasteiger partial charge on any atom is -0.480 e. The number of hydrogen-bond donors (Lipinski definition) is 2. The van der Waals surface area contributed by atoms with Gasteiger partial charge in [0.25, 0.3) is 0 Å². The van der Waals surface area contributed by atoms with Gasteiger partial charge in [-0.3, -0.25) is 4.79 Å². The lowest BCUT2D eigenvalue weighted by Gasteiger charge is -2.25. The highest BCUT2D eigenvalue weighted by molar-refractivity contribution is 5.87. The fourth-order valence-corrected chi connectivity index (χ4v) is 1.78. The molecule has 5 heteroatoms. The van der Waals surface area contributed by atoms with Crippen LogP contribution in [0.3, 0.4) is 0 Å². The fourth-order valence-electron chi connectivity index (χ4n) is 1.78. The summed E-state index contributed by atoms with van der Waals surface area (Å²) < 4.78 is 0. The first-order valence-electron chi connectivity index (χ1n) is 5.92. The minimum atomic E-state index is -0.997. The van der Waals surface area contributed by atoms with Crippen molar-refractivity contribution >= 4 is 18.1 Å². The highest BCUT2D eigenvalue weighted by atomic mass is 16.4. The molecule has 0 heterocycles. The Balaban J connectivity index is 2.81. The van der Waals surface area contributed by atoms with Gasteiger partial charge in [0.05, 0.1) is 0 Å². The van der Waals surface area contributed by atoms with Gasteiger partial charge in [-0.1, -0.05) is 18.2 Å². The molecule has 1 aromatic carbocycles. The van der Waals surface area contributed by atoms with Gasteiger partial charge in [-0.2, -0.15) is 0 Å². The maximum atomic E-state index is 11.2. The van der Waals surface area contributed by atoms with Gasteiger partial charge in [-0.05, 0) is 37.9 Å². The summed E-state index contributed by atoms with van der Waals surface area (Å²) in [7, 11) is 0. The van der Waals surface area contributed by atoms with Crippen molar-refractivity contribution in [3.63, 3.8) is 0 Å². The number of rotatable bonds is 8. The van der Waals surface area contributed by atoms with Crippen molar-refractivity contribution in [1.82, 2.24) is 0 Å². The molecule has 0 aliphatic carbocycles. The van der Waals surface area contributed by atoms with Gasteiger partial charge in [-0.15, -0.1) is 0 Å². The van der Waals surface area contributed by atoms with Gasteiger partial charge in [0.1, 0.15) is 6.04 Å². The second-order valence-electron chi connectivity index (χ2n) is 3.99. The molecule has 0 bridgehead atoms. The SMILES string of the molecule is NCCCC[C@@H](C(=O)O)N(C=O)c1ccccc1. The number of amides is 1. The first kappa shape index (κ1) is 14.2. The molecule has 18 heavy (non-hydrogen) atoms. The summed E-state index contributed by atoms with van der Waals surface area (Å²) in [5.41, 5.74) is 5.97. The number of para-hydroxylation sites is 1. The third-order valence-corrected chi connectivity index (χ3v) is 2.72. The second-order valence-corrected chi connectivity index (χ2v) is 3.99. The molecule has 0 fully saturated rings. The summed E-state index contributed by atoms with van der Waals surface area (Å²) >= 11 is 0. The molecule has 3 N–H and O–H groups in total. The maximum Gasteiger partial charge on any atom is 0.326 e. The van der Waals surface area contributed by atoms with Gasteiger partial charge in [0.2, 0.25) is 6.41 Å². The Bertz CT molecular complexity index is 381. The van der Waals surface area contributed by atoms with E-state index in [2.05, 4.69) is 0 Å². The number of carboxylic acid groups (broad SMARTS) is 1. The zero-order valence-electron chi connectivity index (χ0n) is 10.2. The summed E-state index contributed by atoms with van der Waals surface area (Å²) in [5, 5.41) is 9.20. The third kappa shape index (κ3) is 3.85. The van der Waals surface area contributed by atoms with E-state index in [9.17, 15) is 14.7 Å². The summed E-state index contributed by atoms with van der Waals surface area (Å²) in [5.74, 6) is -0.997. The molecule has 0 radical (unpaired) electrons. The topological polar surface area (TPSA) is 83.6 Å². The Labute approximate surface area is 106 Å². The molecule has 1 atom stereocenters. The molecule has 0 aliphatic heterocycles. The number of anilines is 1. The van der Waals surface area contributed by atoms with Crippen LogP contribution in [-0.2, 0) is 9.59 Å². The maximum absolute atomic E-state index is 11.2. The molecule has 1 aromatic rings. The molecule has 1 amide bonds. The van der Waals surface area contributed by atoms with Crippen LogP contribution in [0.15, 0.2) is 30.3 Å². The number of hydrogen-bond acceptors (Lipinski definition) is 3. The molecule has 5 nitrogen and oxygen atoms in total. The van der Waals surface area contributed by atoms with Crippen molar-refractivity contribution < 1.29 is 14.7 Å². The normalized spacial score (nSPS) is 11.8. The number of unbranched alkanes of at least 4 members (excludes halogenated alkanes) is 1. The molecule has 98 valence electrons. The summed E-state index contributed by atoms with van der Waals surface area (Å²) in [4.78, 5) is 23.6. The molecule has 0 saturated heterocycles. The van der Waals surface area contributed by atoms with Crippen LogP contribution in [0.5, 0.6) is 0 Å². The first-order chi connectivity index (χ1) is 8.70. The monoisotopic (exact) mass is 250 g/mol. The third-order valence-electron chi connectivity index (χ3n) is 2.72. The standard InChI is InChI=1S/C13H18N2O3/c14-9-5-4-8-12(13(17)18)15(10-16)11-6-2-1-3-7-11/h1-3,6-7,10,12H,4-5,8-9,14H2,(H,17,18)/t12-/m0/s1. The van der Waals surface area contributed by atoms with E-state index in [0.29, 0.717) is 31.5 Å². The van der Waals surface area contributed by atoms with Gasteiger partial charge in [-0.25, -0.2) is 4.79 Å². The zero-order valence-corrected chi connectivity index (χ0v) is 10.2. The second kappa shape index (κ2) is 7.45. The average Bonchev–Trinajstić information content (AvgIpc) is 2.39. The molecular formula is C13H18N2O3. The minimum absolute atomic E-state index is 0.403. The first-order valence-corrected chi connectivity index (χ1v) is 5.92. The van der Waals surface area contributed by atoms with Gasteiger partial charge >= 0.3 is 5.97 Å². The number of carbonyl (C=O) groups is 2. The molecule has 0 saturated carbocycles. The zero-order chi connectivity index (χ0) is 13.4. The van der Waals surface area contributed by atoms with E-state index >= 15 is 0 Å². The van der Waals surface area contributed by atoms with Gasteiger partial charge in [0.15, 0.2) is 0 Å². The van der Waals surface area contributed by atoms with Crippen molar-refractivity contribution in [2.45, 2.75) is 25.3 Å². The lowest BCUT2D eigenvalue weighted by molar-refractivity contribution is -0.139. The number of carboxylic acids is 1. The quantitative estimate of drug-likeness (QED) is 0.537. The Morgan fingerprint density at radius 3 is 2.50 bits per heavy atom. The summed E-state index contributed by atoms with van der Waals surface area (Å²) in [6.45, 7) is 0.527. The fraction of sp³-hybridized carbons (Fsp3) is 0.385. The number of benzene rings is 1. The number of nitrogens with zero attached hydrogens (tertiary/aromatic N) is 1. The highest BCUT2D eigenvalue weighted by Crippen LogP contribution is 2.18. The summed E-state index contributed by atoms with van der Waals surface area (Å²) in [6, 6.07) is 7.95. The predicted molar refractivity (Wildman–Crippen MR) is 69.3 cm³/mol. The van der Waals surface area contributed by atoms with E-state index in [4.69, 9.17) is 5.73 Å². The van der Waals surface area contributed by atoms with Gasteiger partial charge in [0, 0.05) is 5.69 Å². The Kier molecular flexibility index (Phi) is 5.87. The average molecular weight is 250 g/mol. The molecule has 0 spiro atoms. The van der Waals surface area contributed by atoms with Gasteiger partial charge < -0.3 is 15.7 Å². The molecule has 0 aliphatic rings. The highest BCUT2D eigenvalue weighted by Gasteiger charge is 2.24. The van der Waals surface area contributed by atoms with E-state index in [1.165, 1.54) is 4.90 Å². The van der Waals surface area contributed by atoms with E-state index in [-0.39, 0.29) is 0 Å². The largest absolute Gasteiger partial charge is 0.480 e. The molecular weight excluding hydrogens is 232 g/mol. The molecule has 0 unspecified atom stereocenters. The van der Waals surface area contributed by atoms with Crippen LogP contribution in [-0.4, -0.2) is 30.1 Å². The van der Waals surface area contributed by atoms with E-state index in [0.717, 1.165) is 6.42 Å². The number of carbonyl (C=O) groups excluding carboxylic acids is 1. The smallest absolute Gasteiger partial charge is 0.326 e. The summed E-state index contributed by atoms with van der Waals surface area (Å²) in [6.07, 6.45) is 2.41. The van der Waals surface area contributed by atoms with Crippen LogP contribution in [0.2, 0.25) is 0 Å². The van der Waals surface area contributed by atoms with Crippen LogP contribution in [0, 0.1) is 0 Å². The lowest BCUT2D eigenvalue weighted by Crippen LogP contribution is -2.40. The molecule has 1 rings (SSSR count). The molecule has 0 aromatic heterocycles. The van der Waals surface area contributed by atoms with Crippen LogP contribution >= 0.6 is 0 Å². The van der Waals surface area contributed by atoms with E-state index < -0.39 is 12.0 Å². The van der Waals surface area contributed by atoms with Crippen LogP contribution in [0.25, 0.3) is 0 Å². The Morgan fingerprint density at radius 2 is 2.00 bits per heavy atom. The van der Waals surface area contributed by atoms with E-state index in [1.54, 1.807) is 24.3 Å². The van der Waals surface area contributed by atoms with Crippen molar-refractivity contribution in [2.24, 2.45) is 5.73 Å². The van der Waals surface area contributed by atoms with Crippen LogP contribution in [0.1, 0.15) is 19.3 Å². The van der Waals surface area contributed by atoms with Crippen molar-refractivity contribution in [1.29, 1.82) is 0 Å². The number of aliphatic carboxylic acids is 1. The van der Waals surface area contributed by atoms with Crippen LogP contribution in [0.4, 0.5) is 5.69 Å². The lowest BCUT2D eigenvalue weighted by atomic mass is 10.1.